The number of ether oxygens (including phenoxy) is 2. The summed E-state index contributed by atoms with van der Waals surface area (Å²) >= 11 is 0. The summed E-state index contributed by atoms with van der Waals surface area (Å²) in [6.45, 7) is 1.59. The number of nitriles is 1. The van der Waals surface area contributed by atoms with Gasteiger partial charge in [-0.25, -0.2) is 0 Å². The van der Waals surface area contributed by atoms with E-state index in [0.717, 1.165) is 31.5 Å². The van der Waals surface area contributed by atoms with E-state index in [4.69, 9.17) is 9.47 Å². The van der Waals surface area contributed by atoms with Gasteiger partial charge in [-0.05, 0) is 48.7 Å². The number of aromatic nitrogens is 1. The predicted molar refractivity (Wildman–Crippen MR) is 102 cm³/mol. The second kappa shape index (κ2) is 8.86. The highest BCUT2D eigenvalue weighted by Crippen LogP contribution is 2.29. The van der Waals surface area contributed by atoms with Crippen molar-refractivity contribution in [3.8, 4) is 17.6 Å². The van der Waals surface area contributed by atoms with E-state index in [2.05, 4.69) is 11.1 Å². The van der Waals surface area contributed by atoms with Crippen molar-refractivity contribution < 1.29 is 14.3 Å². The van der Waals surface area contributed by atoms with Crippen LogP contribution in [0.5, 0.6) is 11.5 Å². The number of methoxy groups -OCH3 is 1. The van der Waals surface area contributed by atoms with Crippen molar-refractivity contribution >= 4 is 17.6 Å². The van der Waals surface area contributed by atoms with Crippen LogP contribution < -0.4 is 9.47 Å². The maximum absolute atomic E-state index is 12.1. The molecule has 0 radical (unpaired) electrons. The normalized spacial score (nSPS) is 13.9. The highest BCUT2D eigenvalue weighted by atomic mass is 16.5. The van der Waals surface area contributed by atoms with Gasteiger partial charge >= 0.3 is 0 Å². The third-order valence-corrected chi connectivity index (χ3v) is 4.37. The molecule has 0 unspecified atom stereocenters. The minimum atomic E-state index is -0.0135. The van der Waals surface area contributed by atoms with E-state index in [-0.39, 0.29) is 12.5 Å². The van der Waals surface area contributed by atoms with Crippen molar-refractivity contribution in [3.63, 3.8) is 0 Å². The molecule has 3 rings (SSSR count). The van der Waals surface area contributed by atoms with Gasteiger partial charge in [0.1, 0.15) is 6.07 Å². The van der Waals surface area contributed by atoms with Gasteiger partial charge in [-0.2, -0.15) is 5.26 Å². The summed E-state index contributed by atoms with van der Waals surface area (Å²) < 4.78 is 11.0. The van der Waals surface area contributed by atoms with Gasteiger partial charge in [-0.1, -0.05) is 12.1 Å². The number of carbonyl (C=O) groups excluding carboxylic acids is 1. The quantitative estimate of drug-likeness (QED) is 0.737. The van der Waals surface area contributed by atoms with Crippen molar-refractivity contribution in [3.05, 3.63) is 53.9 Å². The first-order chi connectivity index (χ1) is 13.2. The Morgan fingerprint density at radius 3 is 2.74 bits per heavy atom. The molecule has 1 amide bonds. The number of allylic oxidation sites excluding steroid dienone is 1. The van der Waals surface area contributed by atoms with Crippen LogP contribution in [0.15, 0.2) is 42.6 Å². The molecule has 2 heterocycles. The number of carbonyl (C=O) groups is 1. The van der Waals surface area contributed by atoms with Crippen LogP contribution in [0, 0.1) is 11.3 Å². The minimum Gasteiger partial charge on any atom is -0.493 e. The second-order valence-electron chi connectivity index (χ2n) is 6.17. The predicted octanol–water partition coefficient (Wildman–Crippen LogP) is 3.16. The Labute approximate surface area is 158 Å². The highest BCUT2D eigenvalue weighted by molar-refractivity contribution is 5.88. The highest BCUT2D eigenvalue weighted by Gasteiger charge is 2.18. The zero-order valence-corrected chi connectivity index (χ0v) is 15.2. The first kappa shape index (κ1) is 18.5. The standard InChI is InChI=1S/C21H21N3O3/c1-26-20-13-16(12-17(14-22)18-6-2-3-9-23-18)7-8-19(20)27-15-21(25)24-10-4-5-11-24/h2-3,6-9,12-13H,4-5,10-11,15H2,1H3. The van der Waals surface area contributed by atoms with Crippen LogP contribution in [-0.4, -0.2) is 42.6 Å². The van der Waals surface area contributed by atoms with Gasteiger partial charge in [-0.3, -0.25) is 9.78 Å². The van der Waals surface area contributed by atoms with E-state index in [9.17, 15) is 10.1 Å². The van der Waals surface area contributed by atoms with E-state index >= 15 is 0 Å². The zero-order chi connectivity index (χ0) is 19.1. The van der Waals surface area contributed by atoms with Crippen molar-refractivity contribution in [2.75, 3.05) is 26.8 Å². The van der Waals surface area contributed by atoms with Crippen LogP contribution in [0.4, 0.5) is 0 Å². The lowest BCUT2D eigenvalue weighted by Crippen LogP contribution is -2.32. The first-order valence-electron chi connectivity index (χ1n) is 8.83. The van der Waals surface area contributed by atoms with Gasteiger partial charge < -0.3 is 14.4 Å². The lowest BCUT2D eigenvalue weighted by molar-refractivity contribution is -0.132. The summed E-state index contributed by atoms with van der Waals surface area (Å²) in [5, 5.41) is 9.41. The van der Waals surface area contributed by atoms with Crippen LogP contribution in [0.2, 0.25) is 0 Å². The van der Waals surface area contributed by atoms with E-state index in [1.165, 1.54) is 0 Å². The maximum atomic E-state index is 12.1. The fourth-order valence-electron chi connectivity index (χ4n) is 2.94. The number of hydrogen-bond donors (Lipinski definition) is 0. The van der Waals surface area contributed by atoms with Gasteiger partial charge in [0, 0.05) is 19.3 Å². The van der Waals surface area contributed by atoms with Gasteiger partial charge in [0.2, 0.25) is 0 Å². The Kier molecular flexibility index (Phi) is 6.06. The Balaban J connectivity index is 1.74. The lowest BCUT2D eigenvalue weighted by atomic mass is 10.1. The fourth-order valence-corrected chi connectivity index (χ4v) is 2.94. The molecule has 0 saturated carbocycles. The van der Waals surface area contributed by atoms with E-state index < -0.39 is 0 Å². The van der Waals surface area contributed by atoms with Gasteiger partial charge in [0.15, 0.2) is 18.1 Å². The average Bonchev–Trinajstić information content (AvgIpc) is 3.26. The van der Waals surface area contributed by atoms with Crippen molar-refractivity contribution in [2.24, 2.45) is 0 Å². The van der Waals surface area contributed by atoms with E-state index in [1.54, 1.807) is 43.6 Å². The second-order valence-corrected chi connectivity index (χ2v) is 6.17. The third-order valence-electron chi connectivity index (χ3n) is 4.37. The number of pyridine rings is 1. The molecule has 0 spiro atoms. The summed E-state index contributed by atoms with van der Waals surface area (Å²) in [5.41, 5.74) is 1.85. The van der Waals surface area contributed by atoms with E-state index in [0.29, 0.717) is 22.8 Å². The SMILES string of the molecule is COc1cc(C=C(C#N)c2ccccn2)ccc1OCC(=O)N1CCCC1. The molecule has 0 aliphatic carbocycles. The fraction of sp³-hybridized carbons (Fsp3) is 0.286. The molecule has 0 atom stereocenters. The molecule has 0 bridgehead atoms. The Bertz CT molecular complexity index is 866. The monoisotopic (exact) mass is 363 g/mol. The summed E-state index contributed by atoms with van der Waals surface area (Å²) in [4.78, 5) is 18.2. The van der Waals surface area contributed by atoms with Crippen molar-refractivity contribution in [2.45, 2.75) is 12.8 Å². The maximum Gasteiger partial charge on any atom is 0.260 e. The number of likely N-dealkylation sites (tertiary alicyclic amines) is 1. The molecular weight excluding hydrogens is 342 g/mol. The van der Waals surface area contributed by atoms with Crippen LogP contribution >= 0.6 is 0 Å². The van der Waals surface area contributed by atoms with Crippen LogP contribution in [0.1, 0.15) is 24.1 Å². The molecular formula is C21H21N3O3. The van der Waals surface area contributed by atoms with Crippen molar-refractivity contribution in [1.82, 2.24) is 9.88 Å². The number of hydrogen-bond acceptors (Lipinski definition) is 5. The summed E-state index contributed by atoms with van der Waals surface area (Å²) in [6, 6.07) is 12.9. The molecule has 1 aromatic heterocycles. The van der Waals surface area contributed by atoms with Crippen LogP contribution in [0.25, 0.3) is 11.6 Å². The van der Waals surface area contributed by atoms with Crippen LogP contribution in [0.3, 0.4) is 0 Å². The minimum absolute atomic E-state index is 0.0110. The molecule has 138 valence electrons. The molecule has 6 heteroatoms. The first-order valence-corrected chi connectivity index (χ1v) is 8.83. The molecule has 1 fully saturated rings. The third kappa shape index (κ3) is 4.64. The largest absolute Gasteiger partial charge is 0.493 e. The number of nitrogens with zero attached hydrogens (tertiary/aromatic N) is 3. The summed E-state index contributed by atoms with van der Waals surface area (Å²) in [7, 11) is 1.54. The summed E-state index contributed by atoms with van der Waals surface area (Å²) in [5.74, 6) is 0.996. The van der Waals surface area contributed by atoms with Crippen LogP contribution in [-0.2, 0) is 4.79 Å². The van der Waals surface area contributed by atoms with E-state index in [1.807, 2.05) is 17.0 Å². The molecule has 27 heavy (non-hydrogen) atoms. The van der Waals surface area contributed by atoms with Gasteiger partial charge in [-0.15, -0.1) is 0 Å². The smallest absolute Gasteiger partial charge is 0.260 e. The Hall–Kier alpha value is -3.33. The molecule has 1 saturated heterocycles. The number of amides is 1. The lowest BCUT2D eigenvalue weighted by Gasteiger charge is -2.16. The molecule has 1 aliphatic rings. The zero-order valence-electron chi connectivity index (χ0n) is 15.2. The Morgan fingerprint density at radius 2 is 2.07 bits per heavy atom. The van der Waals surface area contributed by atoms with Gasteiger partial charge in [0.05, 0.1) is 18.4 Å². The average molecular weight is 363 g/mol. The molecule has 2 aromatic rings. The molecule has 0 N–H and O–H groups in total. The molecule has 1 aromatic carbocycles. The Morgan fingerprint density at radius 1 is 1.26 bits per heavy atom. The van der Waals surface area contributed by atoms with Crippen molar-refractivity contribution in [1.29, 1.82) is 5.26 Å². The topological polar surface area (TPSA) is 75.5 Å². The number of benzene rings is 1. The summed E-state index contributed by atoms with van der Waals surface area (Å²) in [6.07, 6.45) is 5.49. The number of rotatable bonds is 6. The molecule has 6 nitrogen and oxygen atoms in total. The molecule has 1 aliphatic heterocycles. The van der Waals surface area contributed by atoms with Gasteiger partial charge in [0.25, 0.3) is 5.91 Å².